The van der Waals surface area contributed by atoms with Crippen LogP contribution in [0.25, 0.3) is 10.8 Å². The van der Waals surface area contributed by atoms with Crippen LogP contribution in [0.4, 0.5) is 0 Å². The first-order chi connectivity index (χ1) is 11.3. The minimum Gasteiger partial charge on any atom is -0.493 e. The highest BCUT2D eigenvalue weighted by Gasteiger charge is 2.13. The second kappa shape index (κ2) is 9.82. The molecule has 0 amide bonds. The van der Waals surface area contributed by atoms with Crippen molar-refractivity contribution in [1.82, 2.24) is 0 Å². The van der Waals surface area contributed by atoms with Gasteiger partial charge in [-0.2, -0.15) is 0 Å². The van der Waals surface area contributed by atoms with Gasteiger partial charge in [-0.3, -0.25) is 0 Å². The van der Waals surface area contributed by atoms with E-state index in [4.69, 9.17) is 9.47 Å². The Hall–Kier alpha value is -1.22. The third-order valence-electron chi connectivity index (χ3n) is 3.90. The second-order valence-corrected chi connectivity index (χ2v) is 6.50. The van der Waals surface area contributed by atoms with Gasteiger partial charge in [0.15, 0.2) is 0 Å². The molecule has 23 heavy (non-hydrogen) atoms. The Bertz CT molecular complexity index is 610. The predicted molar refractivity (Wildman–Crippen MR) is 102 cm³/mol. The molecule has 3 heteroatoms. The average molecular weight is 379 g/mol. The van der Waals surface area contributed by atoms with Crippen LogP contribution in [0.15, 0.2) is 30.3 Å². The molecular weight excluding hydrogens is 352 g/mol. The maximum Gasteiger partial charge on any atom is 0.130 e. The molecule has 0 radical (unpaired) electrons. The largest absolute Gasteiger partial charge is 0.493 e. The van der Waals surface area contributed by atoms with E-state index in [0.29, 0.717) is 0 Å². The zero-order chi connectivity index (χ0) is 16.5. The van der Waals surface area contributed by atoms with Gasteiger partial charge in [0.05, 0.1) is 13.2 Å². The number of aryl methyl sites for hydroxylation is 1. The average Bonchev–Trinajstić information content (AvgIpc) is 2.60. The summed E-state index contributed by atoms with van der Waals surface area (Å²) >= 11 is 3.47. The van der Waals surface area contributed by atoms with E-state index in [9.17, 15) is 0 Å². The predicted octanol–water partition coefficient (Wildman–Crippen LogP) is 6.14. The van der Waals surface area contributed by atoms with E-state index in [1.54, 1.807) is 0 Å². The molecule has 0 bridgehead atoms. The fourth-order valence-corrected chi connectivity index (χ4v) is 3.08. The molecule has 2 aromatic rings. The number of benzene rings is 2. The Morgan fingerprint density at radius 2 is 1.70 bits per heavy atom. The van der Waals surface area contributed by atoms with Gasteiger partial charge in [-0.15, -0.1) is 0 Å². The van der Waals surface area contributed by atoms with Gasteiger partial charge in [-0.1, -0.05) is 54.0 Å². The summed E-state index contributed by atoms with van der Waals surface area (Å²) in [5, 5.41) is 3.38. The maximum absolute atomic E-state index is 6.10. The summed E-state index contributed by atoms with van der Waals surface area (Å²) < 4.78 is 12.1. The first-order valence-corrected chi connectivity index (χ1v) is 9.80. The van der Waals surface area contributed by atoms with Crippen LogP contribution in [0.3, 0.4) is 0 Å². The summed E-state index contributed by atoms with van der Waals surface area (Å²) in [6, 6.07) is 10.6. The van der Waals surface area contributed by atoms with Gasteiger partial charge in [0.1, 0.15) is 11.5 Å². The summed E-state index contributed by atoms with van der Waals surface area (Å²) in [4.78, 5) is 0. The molecule has 0 saturated carbocycles. The van der Waals surface area contributed by atoms with Crippen LogP contribution in [0.5, 0.6) is 11.5 Å². The maximum atomic E-state index is 6.10. The van der Waals surface area contributed by atoms with E-state index in [2.05, 4.69) is 60.1 Å². The van der Waals surface area contributed by atoms with E-state index in [1.165, 1.54) is 18.4 Å². The minimum absolute atomic E-state index is 0.754. The highest BCUT2D eigenvalue weighted by Crippen LogP contribution is 2.37. The summed E-state index contributed by atoms with van der Waals surface area (Å²) in [5.41, 5.74) is 1.23. The van der Waals surface area contributed by atoms with Crippen molar-refractivity contribution < 1.29 is 9.47 Å². The summed E-state index contributed by atoms with van der Waals surface area (Å²) in [7, 11) is 0. The second-order valence-electron chi connectivity index (χ2n) is 5.71. The third kappa shape index (κ3) is 4.87. The lowest BCUT2D eigenvalue weighted by atomic mass is 10.0. The smallest absolute Gasteiger partial charge is 0.130 e. The van der Waals surface area contributed by atoms with E-state index >= 15 is 0 Å². The number of hydrogen-bond donors (Lipinski definition) is 0. The van der Waals surface area contributed by atoms with Crippen LogP contribution in [0.2, 0.25) is 0 Å². The number of hydrogen-bond acceptors (Lipinski definition) is 2. The van der Waals surface area contributed by atoms with Crippen LogP contribution >= 0.6 is 15.9 Å². The lowest BCUT2D eigenvalue weighted by Gasteiger charge is -2.17. The molecule has 0 atom stereocenters. The fraction of sp³-hybridized carbons (Fsp3) is 0.500. The zero-order valence-corrected chi connectivity index (χ0v) is 15.8. The number of rotatable bonds is 10. The van der Waals surface area contributed by atoms with Crippen LogP contribution in [-0.4, -0.2) is 18.5 Å². The number of halogens is 1. The molecule has 126 valence electrons. The highest BCUT2D eigenvalue weighted by atomic mass is 79.9. The molecule has 0 saturated heterocycles. The van der Waals surface area contributed by atoms with Gasteiger partial charge < -0.3 is 9.47 Å². The first kappa shape index (κ1) is 18.1. The lowest BCUT2D eigenvalue weighted by Crippen LogP contribution is -2.03. The molecule has 0 unspecified atom stereocenters. The molecule has 2 aromatic carbocycles. The Morgan fingerprint density at radius 3 is 2.39 bits per heavy atom. The van der Waals surface area contributed by atoms with Crippen LogP contribution in [-0.2, 0) is 6.42 Å². The number of ether oxygens (including phenoxy) is 2. The Labute approximate surface area is 148 Å². The van der Waals surface area contributed by atoms with Crippen molar-refractivity contribution in [2.75, 3.05) is 18.5 Å². The monoisotopic (exact) mass is 378 g/mol. The van der Waals surface area contributed by atoms with Gasteiger partial charge in [0.2, 0.25) is 0 Å². The molecule has 2 nitrogen and oxygen atoms in total. The van der Waals surface area contributed by atoms with Gasteiger partial charge in [0.25, 0.3) is 0 Å². The van der Waals surface area contributed by atoms with Crippen molar-refractivity contribution >= 4 is 26.7 Å². The number of alkyl halides is 1. The van der Waals surface area contributed by atoms with Crippen molar-refractivity contribution in [3.8, 4) is 11.5 Å². The van der Waals surface area contributed by atoms with Crippen molar-refractivity contribution in [1.29, 1.82) is 0 Å². The molecule has 0 aliphatic carbocycles. The van der Waals surface area contributed by atoms with Crippen LogP contribution in [0, 0.1) is 0 Å². The third-order valence-corrected chi connectivity index (χ3v) is 4.46. The standard InChI is InChI=1S/C20H27BrO2/c1-3-13-23-20-16(4-2)15-19(22-14-9-5-8-12-21)17-10-6-7-11-18(17)20/h6-7,10-11,15H,3-5,8-9,12-14H2,1-2H3. The Kier molecular flexibility index (Phi) is 7.73. The molecule has 0 fully saturated rings. The van der Waals surface area contributed by atoms with E-state index in [1.807, 2.05) is 0 Å². The van der Waals surface area contributed by atoms with Crippen LogP contribution < -0.4 is 9.47 Å². The van der Waals surface area contributed by atoms with Gasteiger partial charge in [-0.05, 0) is 43.7 Å². The molecule has 0 N–H and O–H groups in total. The molecule has 0 aliphatic heterocycles. The lowest BCUT2D eigenvalue weighted by molar-refractivity contribution is 0.305. The van der Waals surface area contributed by atoms with Crippen molar-refractivity contribution in [2.45, 2.75) is 46.0 Å². The summed E-state index contributed by atoms with van der Waals surface area (Å²) in [6.45, 7) is 5.83. The topological polar surface area (TPSA) is 18.5 Å². The highest BCUT2D eigenvalue weighted by molar-refractivity contribution is 9.09. The molecule has 2 rings (SSSR count). The molecule has 0 heterocycles. The first-order valence-electron chi connectivity index (χ1n) is 8.68. The molecular formula is C20H27BrO2. The van der Waals surface area contributed by atoms with Gasteiger partial charge in [0, 0.05) is 16.1 Å². The zero-order valence-electron chi connectivity index (χ0n) is 14.2. The fourth-order valence-electron chi connectivity index (χ4n) is 2.68. The van der Waals surface area contributed by atoms with Gasteiger partial charge >= 0.3 is 0 Å². The number of unbranched alkanes of at least 4 members (excludes halogenated alkanes) is 2. The normalized spacial score (nSPS) is 10.9. The van der Waals surface area contributed by atoms with E-state index in [-0.39, 0.29) is 0 Å². The van der Waals surface area contributed by atoms with E-state index < -0.39 is 0 Å². The molecule has 0 spiro atoms. The van der Waals surface area contributed by atoms with Gasteiger partial charge in [-0.25, -0.2) is 0 Å². The Morgan fingerprint density at radius 1 is 0.913 bits per heavy atom. The quantitative estimate of drug-likeness (QED) is 0.365. The summed E-state index contributed by atoms with van der Waals surface area (Å²) in [5.74, 6) is 2.01. The summed E-state index contributed by atoms with van der Waals surface area (Å²) in [6.07, 6.45) is 5.46. The van der Waals surface area contributed by atoms with E-state index in [0.717, 1.165) is 60.1 Å². The molecule has 0 aliphatic rings. The van der Waals surface area contributed by atoms with Crippen molar-refractivity contribution in [2.24, 2.45) is 0 Å². The molecule has 0 aromatic heterocycles. The SMILES string of the molecule is CCCOc1c(CC)cc(OCCCCCBr)c2ccccc12. The number of fused-ring (bicyclic) bond motifs is 1. The Balaban J connectivity index is 2.26. The minimum atomic E-state index is 0.754. The van der Waals surface area contributed by atoms with Crippen molar-refractivity contribution in [3.63, 3.8) is 0 Å². The van der Waals surface area contributed by atoms with Crippen LogP contribution in [0.1, 0.15) is 45.1 Å². The van der Waals surface area contributed by atoms with Crippen molar-refractivity contribution in [3.05, 3.63) is 35.9 Å².